The topological polar surface area (TPSA) is 352 Å². The van der Waals surface area contributed by atoms with Gasteiger partial charge in [0, 0.05) is 80.1 Å². The number of unbranched alkanes of at least 4 members (excludes halogenated alkanes) is 5. The summed E-state index contributed by atoms with van der Waals surface area (Å²) < 4.78 is 42.2. The molecular weight excluding hydrogens is 1020 g/mol. The number of anilines is 1. The highest BCUT2D eigenvalue weighted by Crippen LogP contribution is 2.42. The first kappa shape index (κ1) is 60.4. The van der Waals surface area contributed by atoms with Crippen LogP contribution in [0.2, 0.25) is 0 Å². The lowest BCUT2D eigenvalue weighted by atomic mass is 9.89. The van der Waals surface area contributed by atoms with Gasteiger partial charge in [0.05, 0.1) is 30.9 Å². The van der Waals surface area contributed by atoms with Crippen molar-refractivity contribution in [1.82, 2.24) is 15.2 Å². The minimum absolute atomic E-state index is 0.0578. The number of fused-ring (bicyclic) bond motifs is 2. The number of aromatic carboxylic acids is 1. The number of carboxylic acid groups (broad SMARTS) is 1. The third-order valence-electron chi connectivity index (χ3n) is 14.3. The van der Waals surface area contributed by atoms with Crippen LogP contribution < -0.4 is 25.5 Å². The van der Waals surface area contributed by atoms with Gasteiger partial charge in [-0.05, 0) is 55.7 Å². The van der Waals surface area contributed by atoms with E-state index < -0.39 is 117 Å². The van der Waals surface area contributed by atoms with Gasteiger partial charge in [0.1, 0.15) is 92.6 Å². The van der Waals surface area contributed by atoms with E-state index in [0.29, 0.717) is 46.3 Å². The summed E-state index contributed by atoms with van der Waals surface area (Å²) in [6.45, 7) is 0.280. The summed E-state index contributed by atoms with van der Waals surface area (Å²) in [5.74, 6) is -1.31. The van der Waals surface area contributed by atoms with Crippen LogP contribution in [0, 0.1) is 0 Å². The Morgan fingerprint density at radius 2 is 1.29 bits per heavy atom. The second-order valence-corrected chi connectivity index (χ2v) is 20.3. The standard InChI is InChI=1S/C54H74N4O20/c1-27-41(62)43(64)45(66)53(73-27)78-49-42(63)37(25-59)75-54(47(49)68)77-48-38(26-60)76-52(46(67)44(48)65)72-21-11-9-7-6-8-10-12-39(61)55-19-20-56-50(69)28-13-16-31(34(22-28)51(70)71)40-32-17-14-29(57(2)3)23-35(32)74-36-24-30(58(4)5)15-18-33(36)40/h13-18,22-24,27,37-38,41-49,52-54,59-60,62-68H,6-12,19-21,25-26H2,1-5H3,(H2-,55,56,61,69,70,71)/p+1/t27-,37-,38-,41+,42+,43+,44-,45-,46-,47-,48-,49+,52-,53-,54+/m1/s1. The van der Waals surface area contributed by atoms with Crippen LogP contribution in [0.5, 0.6) is 0 Å². The Labute approximate surface area is 450 Å². The van der Waals surface area contributed by atoms with Gasteiger partial charge in [0.15, 0.2) is 18.9 Å². The van der Waals surface area contributed by atoms with Crippen molar-refractivity contribution in [2.24, 2.45) is 0 Å². The van der Waals surface area contributed by atoms with Crippen molar-refractivity contribution >= 4 is 34.4 Å². The molecule has 2 amide bonds. The quantitative estimate of drug-likeness (QED) is 0.0243. The van der Waals surface area contributed by atoms with Gasteiger partial charge in [0.25, 0.3) is 5.91 Å². The zero-order valence-corrected chi connectivity index (χ0v) is 44.3. The summed E-state index contributed by atoms with van der Waals surface area (Å²) in [6.07, 6.45) is -19.1. The van der Waals surface area contributed by atoms with Crippen molar-refractivity contribution in [3.8, 4) is 22.5 Å². The molecule has 0 bridgehead atoms. The molecule has 0 unspecified atom stereocenters. The first-order valence-corrected chi connectivity index (χ1v) is 26.2. The molecule has 0 aromatic heterocycles. The second-order valence-electron chi connectivity index (χ2n) is 20.3. The lowest BCUT2D eigenvalue weighted by molar-refractivity contribution is -0.379. The number of carbonyl (C=O) groups excluding carboxylic acids is 2. The molecule has 7 rings (SSSR count). The molecule has 2 aromatic carbocycles. The zero-order chi connectivity index (χ0) is 56.5. The summed E-state index contributed by atoms with van der Waals surface area (Å²) in [4.78, 5) is 40.6. The summed E-state index contributed by atoms with van der Waals surface area (Å²) in [5, 5.41) is 112. The van der Waals surface area contributed by atoms with Crippen LogP contribution in [0.4, 0.5) is 5.69 Å². The Morgan fingerprint density at radius 1 is 0.654 bits per heavy atom. The van der Waals surface area contributed by atoms with E-state index in [2.05, 4.69) is 10.6 Å². The third-order valence-corrected chi connectivity index (χ3v) is 14.3. The Balaban J connectivity index is 0.804. The first-order chi connectivity index (χ1) is 37.2. The summed E-state index contributed by atoms with van der Waals surface area (Å²) in [7, 11) is 7.68. The molecule has 5 aliphatic rings. The van der Waals surface area contributed by atoms with Crippen molar-refractivity contribution in [2.75, 3.05) is 66.0 Å². The number of benzene rings is 3. The molecule has 0 radical (unpaired) electrons. The summed E-state index contributed by atoms with van der Waals surface area (Å²) >= 11 is 0. The van der Waals surface area contributed by atoms with Crippen molar-refractivity contribution < 1.29 is 98.3 Å². The maximum absolute atomic E-state index is 13.3. The highest BCUT2D eigenvalue weighted by atomic mass is 16.8. The van der Waals surface area contributed by atoms with Crippen LogP contribution in [0.3, 0.4) is 0 Å². The van der Waals surface area contributed by atoms with E-state index in [9.17, 15) is 65.4 Å². The highest BCUT2D eigenvalue weighted by molar-refractivity contribution is 6.09. The molecule has 15 atom stereocenters. The monoisotopic (exact) mass is 1100 g/mol. The molecule has 0 saturated carbocycles. The van der Waals surface area contributed by atoms with Crippen LogP contribution in [-0.2, 0) is 33.2 Å². The lowest BCUT2D eigenvalue weighted by Gasteiger charge is -2.48. The van der Waals surface area contributed by atoms with Crippen LogP contribution >= 0.6 is 0 Å². The predicted molar refractivity (Wildman–Crippen MR) is 278 cm³/mol. The maximum atomic E-state index is 13.3. The van der Waals surface area contributed by atoms with Crippen LogP contribution in [0.1, 0.15) is 72.6 Å². The number of carbonyl (C=O) groups is 3. The molecular formula is C54H75N4O20+. The highest BCUT2D eigenvalue weighted by Gasteiger charge is 2.53. The maximum Gasteiger partial charge on any atom is 0.336 e. The van der Waals surface area contributed by atoms with Gasteiger partial charge in [0.2, 0.25) is 11.3 Å². The third kappa shape index (κ3) is 14.0. The molecule has 24 nitrogen and oxygen atoms in total. The zero-order valence-electron chi connectivity index (χ0n) is 44.3. The van der Waals surface area contributed by atoms with Gasteiger partial charge in [-0.2, -0.15) is 0 Å². The van der Waals surface area contributed by atoms with E-state index in [1.165, 1.54) is 13.0 Å². The lowest BCUT2D eigenvalue weighted by Crippen LogP contribution is -2.66. The van der Waals surface area contributed by atoms with E-state index in [-0.39, 0.29) is 43.2 Å². The van der Waals surface area contributed by atoms with Gasteiger partial charge in [-0.15, -0.1) is 0 Å². The molecule has 2 aromatic rings. The number of aliphatic hydroxyl groups excluding tert-OH is 9. The predicted octanol–water partition coefficient (Wildman–Crippen LogP) is -0.930. The van der Waals surface area contributed by atoms with E-state index in [1.54, 1.807) is 12.1 Å². The fourth-order valence-electron chi connectivity index (χ4n) is 9.78. The molecule has 4 aliphatic heterocycles. The number of aliphatic hydroxyl groups is 9. The van der Waals surface area contributed by atoms with E-state index >= 15 is 0 Å². The fraction of sp³-hybridized carbons (Fsp3) is 0.593. The second kappa shape index (κ2) is 27.3. The van der Waals surface area contributed by atoms with Gasteiger partial charge in [-0.25, -0.2) is 9.37 Å². The molecule has 1 aliphatic carbocycles. The fourth-order valence-corrected chi connectivity index (χ4v) is 9.78. The van der Waals surface area contributed by atoms with Crippen LogP contribution in [0.15, 0.2) is 59.0 Å². The van der Waals surface area contributed by atoms with Crippen molar-refractivity contribution in [3.63, 3.8) is 0 Å². The molecule has 24 heteroatoms. The summed E-state index contributed by atoms with van der Waals surface area (Å²) in [5.41, 5.74) is 3.36. The van der Waals surface area contributed by atoms with Crippen LogP contribution in [-0.4, -0.2) is 222 Å². The first-order valence-electron chi connectivity index (χ1n) is 26.2. The number of hydrogen-bond acceptors (Lipinski definition) is 20. The summed E-state index contributed by atoms with van der Waals surface area (Å²) in [6, 6.07) is 16.1. The number of carboxylic acids is 1. The minimum Gasteiger partial charge on any atom is -0.478 e. The number of nitrogens with one attached hydrogen (secondary N) is 2. The number of rotatable bonds is 23. The SMILES string of the molecule is C[C@H]1O[C@H](O[C@H]2[C@@H](O)[C@@H](CO)O[C@@H](O[C@H]3[C@H](O)[C@@H](O)[C@H](OCCCCCCCCC(=O)NCCNC(=O)c4ccc(-c5c6ccc(=[N+](C)C)cc-6oc6cc(N(C)C)ccc56)c(C(=O)O)c4)O[C@@H]3CO)[C@@H]2O)[C@H](O)[C@@H](O)[C@H]1O. The number of hydrogen-bond donors (Lipinski definition) is 12. The molecule has 78 heavy (non-hydrogen) atoms. The smallest absolute Gasteiger partial charge is 0.336 e. The Morgan fingerprint density at radius 3 is 1.99 bits per heavy atom. The van der Waals surface area contributed by atoms with Gasteiger partial charge in [-0.1, -0.05) is 31.7 Å². The molecule has 3 saturated heterocycles. The van der Waals surface area contributed by atoms with Crippen molar-refractivity contribution in [3.05, 3.63) is 71.1 Å². The van der Waals surface area contributed by atoms with Gasteiger partial charge >= 0.3 is 5.97 Å². The number of ether oxygens (including phenoxy) is 6. The molecule has 4 heterocycles. The van der Waals surface area contributed by atoms with E-state index in [0.717, 1.165) is 36.7 Å². The van der Waals surface area contributed by atoms with E-state index in [1.807, 2.05) is 74.1 Å². The molecule has 12 N–H and O–H groups in total. The average Bonchev–Trinajstić information content (AvgIpc) is 3.51. The number of nitrogens with zero attached hydrogens (tertiary/aromatic N) is 2. The Hall–Kier alpha value is -5.26. The molecule has 3 fully saturated rings. The number of amides is 2. The van der Waals surface area contributed by atoms with Crippen molar-refractivity contribution in [1.29, 1.82) is 0 Å². The Kier molecular flexibility index (Phi) is 21.1. The largest absolute Gasteiger partial charge is 0.478 e. The average molecular weight is 1100 g/mol. The molecule has 0 spiro atoms. The van der Waals surface area contributed by atoms with E-state index in [4.69, 9.17) is 32.8 Å². The van der Waals surface area contributed by atoms with Gasteiger partial charge < -0.3 is 99.4 Å². The molecule has 430 valence electrons. The normalized spacial score (nSPS) is 29.3. The van der Waals surface area contributed by atoms with Crippen LogP contribution in [0.25, 0.3) is 33.4 Å². The Bertz CT molecular complexity index is 2700. The van der Waals surface area contributed by atoms with Crippen molar-refractivity contribution in [2.45, 2.75) is 144 Å². The minimum atomic E-state index is -1.88. The van der Waals surface area contributed by atoms with Gasteiger partial charge in [-0.3, -0.25) is 9.59 Å².